The van der Waals surface area contributed by atoms with Crippen LogP contribution >= 0.6 is 0 Å². The Morgan fingerprint density at radius 1 is 1.25 bits per heavy atom. The number of halogens is 2. The third kappa shape index (κ3) is 2.75. The van der Waals surface area contributed by atoms with E-state index in [-0.39, 0.29) is 5.41 Å². The largest absolute Gasteiger partial charge is 0.476 e. The van der Waals surface area contributed by atoms with Crippen molar-refractivity contribution in [2.75, 3.05) is 19.7 Å². The third-order valence-corrected chi connectivity index (χ3v) is 5.01. The van der Waals surface area contributed by atoms with E-state index in [9.17, 15) is 8.78 Å². The van der Waals surface area contributed by atoms with Gasteiger partial charge in [0.15, 0.2) is 0 Å². The Kier molecular flexibility index (Phi) is 3.91. The Bertz CT molecular complexity index is 712. The van der Waals surface area contributed by atoms with Crippen molar-refractivity contribution in [2.45, 2.75) is 37.8 Å². The maximum atomic E-state index is 12.6. The lowest BCUT2D eigenvalue weighted by atomic mass is 9.75. The summed E-state index contributed by atoms with van der Waals surface area (Å²) in [5.74, 6) is 1.35. The minimum absolute atomic E-state index is 0.0384. The fraction of sp³-hybridized carbons (Fsp3) is 0.562. The predicted octanol–water partition coefficient (Wildman–Crippen LogP) is 1.86. The molecule has 0 unspecified atom stereocenters. The first kappa shape index (κ1) is 15.4. The number of fused-ring (bicyclic) bond motifs is 2. The normalized spacial score (nSPS) is 19.6. The van der Waals surface area contributed by atoms with Crippen molar-refractivity contribution >= 4 is 0 Å². The molecule has 1 fully saturated rings. The molecule has 0 radical (unpaired) electrons. The van der Waals surface area contributed by atoms with Crippen molar-refractivity contribution in [1.29, 1.82) is 0 Å². The summed E-state index contributed by atoms with van der Waals surface area (Å²) < 4.78 is 32.2. The second kappa shape index (κ2) is 6.08. The van der Waals surface area contributed by atoms with Crippen LogP contribution in [0.2, 0.25) is 0 Å². The number of likely N-dealkylation sites (tertiary alicyclic amines) is 1. The molecule has 0 atom stereocenters. The molecule has 0 amide bonds. The van der Waals surface area contributed by atoms with E-state index in [1.807, 2.05) is 6.07 Å². The number of hydrogen-bond acceptors (Lipinski definition) is 5. The van der Waals surface area contributed by atoms with E-state index < -0.39 is 13.0 Å². The molecule has 4 rings (SSSR count). The molecule has 0 saturated carbocycles. The van der Waals surface area contributed by atoms with Crippen LogP contribution in [0, 0.1) is 0 Å². The van der Waals surface area contributed by atoms with Crippen LogP contribution < -0.4 is 4.74 Å². The van der Waals surface area contributed by atoms with Crippen LogP contribution in [-0.4, -0.2) is 50.8 Å². The zero-order valence-corrected chi connectivity index (χ0v) is 13.2. The summed E-state index contributed by atoms with van der Waals surface area (Å²) in [5.41, 5.74) is 1.24. The number of ether oxygens (including phenoxy) is 1. The lowest BCUT2D eigenvalue weighted by Crippen LogP contribution is -2.43. The van der Waals surface area contributed by atoms with Crippen LogP contribution in [0.3, 0.4) is 0 Å². The molecule has 8 heteroatoms. The van der Waals surface area contributed by atoms with E-state index in [1.54, 1.807) is 6.20 Å². The molecule has 0 aromatic carbocycles. The summed E-state index contributed by atoms with van der Waals surface area (Å²) in [5, 5.41) is 3.89. The fourth-order valence-corrected chi connectivity index (χ4v) is 3.64. The van der Waals surface area contributed by atoms with E-state index in [0.29, 0.717) is 19.0 Å². The molecule has 0 aliphatic carbocycles. The minimum Gasteiger partial charge on any atom is -0.476 e. The van der Waals surface area contributed by atoms with Crippen molar-refractivity contribution in [3.8, 4) is 5.88 Å². The molecule has 0 N–H and O–H groups in total. The maximum Gasteiger partial charge on any atom is 0.257 e. The van der Waals surface area contributed by atoms with Gasteiger partial charge < -0.3 is 4.74 Å². The first-order valence-electron chi connectivity index (χ1n) is 8.12. The molecule has 2 aromatic rings. The average Bonchev–Trinajstić information content (AvgIpc) is 3.15. The van der Waals surface area contributed by atoms with E-state index in [1.165, 1.54) is 16.6 Å². The number of piperidine rings is 1. The topological polar surface area (TPSA) is 56.1 Å². The number of nitrogens with zero attached hydrogens (tertiary/aromatic N) is 5. The summed E-state index contributed by atoms with van der Waals surface area (Å²) in [6.45, 7) is 2.57. The Morgan fingerprint density at radius 2 is 2.08 bits per heavy atom. The van der Waals surface area contributed by atoms with Gasteiger partial charge in [-0.05, 0) is 32.0 Å². The van der Waals surface area contributed by atoms with Crippen molar-refractivity contribution in [1.82, 2.24) is 24.6 Å². The van der Waals surface area contributed by atoms with Gasteiger partial charge >= 0.3 is 0 Å². The molecule has 6 nitrogen and oxygen atoms in total. The highest BCUT2D eigenvalue weighted by Gasteiger charge is 2.43. The Morgan fingerprint density at radius 3 is 2.88 bits per heavy atom. The van der Waals surface area contributed by atoms with Crippen LogP contribution in [0.4, 0.5) is 8.78 Å². The van der Waals surface area contributed by atoms with Crippen molar-refractivity contribution in [3.05, 3.63) is 36.0 Å². The molecule has 2 aliphatic heterocycles. The summed E-state index contributed by atoms with van der Waals surface area (Å²) in [6, 6.07) is 4.05. The zero-order chi connectivity index (χ0) is 16.6. The minimum atomic E-state index is -2.42. The van der Waals surface area contributed by atoms with Gasteiger partial charge in [0.2, 0.25) is 5.88 Å². The van der Waals surface area contributed by atoms with Crippen LogP contribution in [-0.2, 0) is 18.5 Å². The highest BCUT2D eigenvalue weighted by molar-refractivity contribution is 5.38. The molecular formula is C16H19F2N5O. The SMILES string of the molecule is FC(F)Cn1ncnc1CN1CCC2(CC1)COc1ncccc12. The number of rotatable bonds is 4. The van der Waals surface area contributed by atoms with Gasteiger partial charge in [-0.1, -0.05) is 6.07 Å². The molecule has 4 heterocycles. The number of pyridine rings is 1. The quantitative estimate of drug-likeness (QED) is 0.854. The van der Waals surface area contributed by atoms with Crippen molar-refractivity contribution in [2.24, 2.45) is 0 Å². The second-order valence-corrected chi connectivity index (χ2v) is 6.45. The lowest BCUT2D eigenvalue weighted by molar-refractivity contribution is 0.110. The standard InChI is InChI=1S/C16H19F2N5O/c17-13(18)8-23-14(20-11-21-23)9-22-6-3-16(4-7-22)10-24-15-12(16)2-1-5-19-15/h1-2,5,11,13H,3-4,6-10H2. The predicted molar refractivity (Wildman–Crippen MR) is 81.9 cm³/mol. The van der Waals surface area contributed by atoms with Crippen molar-refractivity contribution in [3.63, 3.8) is 0 Å². The van der Waals surface area contributed by atoms with Crippen LogP contribution in [0.25, 0.3) is 0 Å². The van der Waals surface area contributed by atoms with Gasteiger partial charge in [0.05, 0.1) is 13.2 Å². The van der Waals surface area contributed by atoms with Crippen LogP contribution in [0.5, 0.6) is 5.88 Å². The van der Waals surface area contributed by atoms with Gasteiger partial charge in [-0.3, -0.25) is 4.90 Å². The van der Waals surface area contributed by atoms with E-state index in [4.69, 9.17) is 4.74 Å². The van der Waals surface area contributed by atoms with Gasteiger partial charge in [0.25, 0.3) is 6.43 Å². The summed E-state index contributed by atoms with van der Waals surface area (Å²) >= 11 is 0. The van der Waals surface area contributed by atoms with Crippen LogP contribution in [0.1, 0.15) is 24.2 Å². The van der Waals surface area contributed by atoms with Crippen LogP contribution in [0.15, 0.2) is 24.7 Å². The summed E-state index contributed by atoms with van der Waals surface area (Å²) in [7, 11) is 0. The molecule has 128 valence electrons. The molecule has 1 spiro atoms. The first-order chi connectivity index (χ1) is 11.7. The molecule has 1 saturated heterocycles. The average molecular weight is 335 g/mol. The highest BCUT2D eigenvalue weighted by atomic mass is 19.3. The first-order valence-corrected chi connectivity index (χ1v) is 8.12. The summed E-state index contributed by atoms with van der Waals surface area (Å²) in [4.78, 5) is 10.7. The zero-order valence-electron chi connectivity index (χ0n) is 13.2. The molecule has 0 bridgehead atoms. The van der Waals surface area contributed by atoms with Gasteiger partial charge in [0.1, 0.15) is 18.7 Å². The Balaban J connectivity index is 1.42. The molecule has 24 heavy (non-hydrogen) atoms. The highest BCUT2D eigenvalue weighted by Crippen LogP contribution is 2.44. The maximum absolute atomic E-state index is 12.6. The lowest BCUT2D eigenvalue weighted by Gasteiger charge is -2.38. The smallest absolute Gasteiger partial charge is 0.257 e. The van der Waals surface area contributed by atoms with E-state index in [2.05, 4.69) is 26.0 Å². The Hall–Kier alpha value is -2.09. The molecule has 2 aromatic heterocycles. The van der Waals surface area contributed by atoms with Crippen molar-refractivity contribution < 1.29 is 13.5 Å². The number of alkyl halides is 2. The Labute approximate surface area is 138 Å². The molecular weight excluding hydrogens is 316 g/mol. The second-order valence-electron chi connectivity index (χ2n) is 6.45. The van der Waals surface area contributed by atoms with Gasteiger partial charge in [-0.15, -0.1) is 0 Å². The van der Waals surface area contributed by atoms with Gasteiger partial charge in [-0.25, -0.2) is 23.4 Å². The van der Waals surface area contributed by atoms with Gasteiger partial charge in [0, 0.05) is 17.2 Å². The molecule has 2 aliphatic rings. The summed E-state index contributed by atoms with van der Waals surface area (Å²) in [6.07, 6.45) is 2.61. The number of hydrogen-bond donors (Lipinski definition) is 0. The van der Waals surface area contributed by atoms with E-state index in [0.717, 1.165) is 31.8 Å². The number of aromatic nitrogens is 4. The van der Waals surface area contributed by atoms with Gasteiger partial charge in [-0.2, -0.15) is 5.10 Å². The fourth-order valence-electron chi connectivity index (χ4n) is 3.64. The monoisotopic (exact) mass is 335 g/mol. The van der Waals surface area contributed by atoms with E-state index >= 15 is 0 Å². The third-order valence-electron chi connectivity index (χ3n) is 5.01.